The van der Waals surface area contributed by atoms with Gasteiger partial charge in [0, 0.05) is 32.0 Å². The van der Waals surface area contributed by atoms with Crippen LogP contribution in [0.25, 0.3) is 22.2 Å². The number of ether oxygens (including phenoxy) is 1. The molecule has 3 saturated heterocycles. The molecule has 41 heavy (non-hydrogen) atoms. The molecule has 216 valence electrons. The van der Waals surface area contributed by atoms with Gasteiger partial charge in [-0.05, 0) is 75.4 Å². The van der Waals surface area contributed by atoms with Gasteiger partial charge in [0.15, 0.2) is 0 Å². The Morgan fingerprint density at radius 1 is 1.00 bits per heavy atom. The average Bonchev–Trinajstić information content (AvgIpc) is 3.61. The van der Waals surface area contributed by atoms with Crippen LogP contribution in [0.1, 0.15) is 64.1 Å². The first-order chi connectivity index (χ1) is 19.5. The fourth-order valence-corrected chi connectivity index (χ4v) is 6.83. The number of carbonyl (C=O) groups excluding carboxylic acids is 3. The molecule has 3 aliphatic heterocycles. The summed E-state index contributed by atoms with van der Waals surface area (Å²) >= 11 is 0. The first-order valence-corrected chi connectivity index (χ1v) is 14.3. The van der Waals surface area contributed by atoms with E-state index in [0.717, 1.165) is 42.6 Å². The van der Waals surface area contributed by atoms with Crippen molar-refractivity contribution in [3.63, 3.8) is 0 Å². The van der Waals surface area contributed by atoms with Crippen LogP contribution in [-0.2, 0) is 21.4 Å². The van der Waals surface area contributed by atoms with Gasteiger partial charge in [0.1, 0.15) is 11.6 Å². The number of carbonyl (C=O) groups is 3. The van der Waals surface area contributed by atoms with Gasteiger partial charge in [0.05, 0.1) is 17.1 Å². The summed E-state index contributed by atoms with van der Waals surface area (Å²) < 4.78 is 8.82. The van der Waals surface area contributed by atoms with Gasteiger partial charge in [0.2, 0.25) is 11.8 Å². The molecule has 10 heteroatoms. The minimum absolute atomic E-state index is 0.0193. The Hall–Kier alpha value is -3.92. The van der Waals surface area contributed by atoms with E-state index in [2.05, 4.69) is 34.9 Å². The number of fused-ring (bicyclic) bond motifs is 1. The maximum atomic E-state index is 13.2. The lowest BCUT2D eigenvalue weighted by atomic mass is 9.76. The molecular weight excluding hydrogens is 522 g/mol. The van der Waals surface area contributed by atoms with E-state index in [1.165, 1.54) is 4.57 Å². The highest BCUT2D eigenvalue weighted by Gasteiger charge is 2.52. The number of nitrogens with one attached hydrogen (secondary N) is 2. The summed E-state index contributed by atoms with van der Waals surface area (Å²) in [4.78, 5) is 52.4. The van der Waals surface area contributed by atoms with Gasteiger partial charge >= 0.3 is 11.8 Å². The van der Waals surface area contributed by atoms with Gasteiger partial charge in [-0.2, -0.15) is 0 Å². The molecular formula is C31H37N5O5. The Kier molecular flexibility index (Phi) is 6.56. The predicted octanol–water partition coefficient (Wildman–Crippen LogP) is 3.65. The van der Waals surface area contributed by atoms with E-state index < -0.39 is 17.6 Å². The number of aromatic nitrogens is 2. The van der Waals surface area contributed by atoms with E-state index >= 15 is 0 Å². The van der Waals surface area contributed by atoms with Crippen molar-refractivity contribution in [3.8, 4) is 11.1 Å². The lowest BCUT2D eigenvalue weighted by molar-refractivity contribution is -0.135. The number of imide groups is 1. The Morgan fingerprint density at radius 2 is 1.73 bits per heavy atom. The second kappa shape index (κ2) is 9.87. The second-order valence-corrected chi connectivity index (χ2v) is 12.6. The standard InChI is InChI=1S/C31H37N5O5/c1-30(2,3)41-29(40)35-16-14-31(13-15-32-18-31)26(35)20-7-5-19(6-8-20)21-9-10-22-24(17-21)34(4)28(39)36(22)23-11-12-25(37)33-27(23)38/h5-10,17,23,26,32H,11-16,18H2,1-4H3,(H,33,37,38). The van der Waals surface area contributed by atoms with Crippen molar-refractivity contribution in [2.24, 2.45) is 12.5 Å². The van der Waals surface area contributed by atoms with Gasteiger partial charge < -0.3 is 15.0 Å². The number of amides is 3. The Morgan fingerprint density at radius 3 is 2.39 bits per heavy atom. The van der Waals surface area contributed by atoms with E-state index in [1.54, 1.807) is 11.6 Å². The van der Waals surface area contributed by atoms with Crippen molar-refractivity contribution in [1.29, 1.82) is 0 Å². The topological polar surface area (TPSA) is 115 Å². The molecule has 3 aliphatic rings. The Balaban J connectivity index is 1.32. The monoisotopic (exact) mass is 559 g/mol. The van der Waals surface area contributed by atoms with E-state index in [1.807, 2.05) is 43.9 Å². The zero-order chi connectivity index (χ0) is 29.1. The molecule has 3 amide bonds. The number of nitrogens with zero attached hydrogens (tertiary/aromatic N) is 3. The highest BCUT2D eigenvalue weighted by molar-refractivity contribution is 6.00. The lowest BCUT2D eigenvalue weighted by Crippen LogP contribution is -2.44. The summed E-state index contributed by atoms with van der Waals surface area (Å²) in [6, 6.07) is 13.3. The van der Waals surface area contributed by atoms with Crippen LogP contribution in [0.4, 0.5) is 4.79 Å². The highest BCUT2D eigenvalue weighted by atomic mass is 16.6. The average molecular weight is 560 g/mol. The second-order valence-electron chi connectivity index (χ2n) is 12.6. The van der Waals surface area contributed by atoms with Crippen molar-refractivity contribution >= 4 is 28.9 Å². The normalized spacial score (nSPS) is 24.8. The summed E-state index contributed by atoms with van der Waals surface area (Å²) in [5, 5.41) is 5.86. The molecule has 1 spiro atoms. The number of hydrogen-bond donors (Lipinski definition) is 2. The van der Waals surface area contributed by atoms with Crippen LogP contribution in [0.3, 0.4) is 0 Å². The lowest BCUT2D eigenvalue weighted by Gasteiger charge is -2.36. The number of hydrogen-bond acceptors (Lipinski definition) is 6. The summed E-state index contributed by atoms with van der Waals surface area (Å²) in [6.07, 6.45) is 2.16. The van der Waals surface area contributed by atoms with E-state index in [4.69, 9.17) is 4.74 Å². The Labute approximate surface area is 238 Å². The third-order valence-electron chi connectivity index (χ3n) is 8.82. The maximum absolute atomic E-state index is 13.2. The number of likely N-dealkylation sites (tertiary alicyclic amines) is 1. The molecule has 6 rings (SSSR count). The minimum atomic E-state index is -0.717. The molecule has 0 bridgehead atoms. The fraction of sp³-hybridized carbons (Fsp3) is 0.484. The molecule has 2 aromatic carbocycles. The smallest absolute Gasteiger partial charge is 0.410 e. The first kappa shape index (κ1) is 27.3. The van der Waals surface area contributed by atoms with Crippen LogP contribution in [0.5, 0.6) is 0 Å². The van der Waals surface area contributed by atoms with Crippen molar-refractivity contribution < 1.29 is 19.1 Å². The third-order valence-corrected chi connectivity index (χ3v) is 8.82. The van der Waals surface area contributed by atoms with E-state index in [9.17, 15) is 19.2 Å². The van der Waals surface area contributed by atoms with Crippen LogP contribution in [0.2, 0.25) is 0 Å². The molecule has 0 saturated carbocycles. The van der Waals surface area contributed by atoms with Gasteiger partial charge in [-0.25, -0.2) is 9.59 Å². The van der Waals surface area contributed by atoms with E-state index in [-0.39, 0.29) is 35.6 Å². The van der Waals surface area contributed by atoms with Crippen LogP contribution in [-0.4, -0.2) is 57.2 Å². The number of piperidine rings is 1. The van der Waals surface area contributed by atoms with Crippen LogP contribution < -0.4 is 16.3 Å². The minimum Gasteiger partial charge on any atom is -0.444 e. The highest BCUT2D eigenvalue weighted by Crippen LogP contribution is 2.51. The van der Waals surface area contributed by atoms with E-state index in [0.29, 0.717) is 24.0 Å². The van der Waals surface area contributed by atoms with Gasteiger partial charge in [-0.15, -0.1) is 0 Å². The maximum Gasteiger partial charge on any atom is 0.410 e. The molecule has 4 heterocycles. The molecule has 0 aliphatic carbocycles. The number of rotatable bonds is 3. The van der Waals surface area contributed by atoms with Crippen molar-refractivity contribution in [2.75, 3.05) is 19.6 Å². The first-order valence-electron chi connectivity index (χ1n) is 14.3. The van der Waals surface area contributed by atoms with Crippen LogP contribution in [0, 0.1) is 5.41 Å². The van der Waals surface area contributed by atoms with Gasteiger partial charge in [-0.3, -0.25) is 24.0 Å². The quantitative estimate of drug-likeness (QED) is 0.474. The largest absolute Gasteiger partial charge is 0.444 e. The molecule has 3 fully saturated rings. The van der Waals surface area contributed by atoms with Crippen molar-refractivity contribution in [3.05, 3.63) is 58.5 Å². The summed E-state index contributed by atoms with van der Waals surface area (Å²) in [6.45, 7) is 8.15. The van der Waals surface area contributed by atoms with Crippen molar-refractivity contribution in [1.82, 2.24) is 24.7 Å². The molecule has 2 N–H and O–H groups in total. The summed E-state index contributed by atoms with van der Waals surface area (Å²) in [7, 11) is 1.69. The number of imidazole rings is 1. The molecule has 3 unspecified atom stereocenters. The molecule has 0 radical (unpaired) electrons. The van der Waals surface area contributed by atoms with Gasteiger partial charge in [-0.1, -0.05) is 30.3 Å². The van der Waals surface area contributed by atoms with Gasteiger partial charge in [0.25, 0.3) is 0 Å². The summed E-state index contributed by atoms with van der Waals surface area (Å²) in [5.41, 5.74) is 3.50. The Bertz CT molecular complexity index is 1590. The number of aryl methyl sites for hydroxylation is 1. The predicted molar refractivity (Wildman–Crippen MR) is 154 cm³/mol. The molecule has 3 atom stereocenters. The van der Waals surface area contributed by atoms with Crippen LogP contribution in [0.15, 0.2) is 47.3 Å². The third kappa shape index (κ3) is 4.73. The molecule has 1 aromatic heterocycles. The zero-order valence-corrected chi connectivity index (χ0v) is 24.0. The fourth-order valence-electron chi connectivity index (χ4n) is 6.83. The molecule has 3 aromatic rings. The molecule has 10 nitrogen and oxygen atoms in total. The SMILES string of the molecule is Cn1c(=O)n(C2CCC(=O)NC2=O)c2ccc(-c3ccc(C4N(C(=O)OC(C)(C)C)CCC45CCNC5)cc3)cc21. The zero-order valence-electron chi connectivity index (χ0n) is 24.0. The van der Waals surface area contributed by atoms with Crippen molar-refractivity contribution in [2.45, 2.75) is 64.1 Å². The summed E-state index contributed by atoms with van der Waals surface area (Å²) in [5.74, 6) is -0.759. The number of benzene rings is 2. The van der Waals surface area contributed by atoms with Crippen LogP contribution >= 0.6 is 0 Å².